The Kier molecular flexibility index (Phi) is 5.56. The van der Waals surface area contributed by atoms with E-state index in [9.17, 15) is 9.59 Å². The molecule has 0 radical (unpaired) electrons. The molecule has 0 fully saturated rings. The van der Waals surface area contributed by atoms with Crippen molar-refractivity contribution in [3.63, 3.8) is 0 Å². The molecule has 138 valence electrons. The number of carbonyl (C=O) groups excluding carboxylic acids is 2. The highest BCUT2D eigenvalue weighted by Gasteiger charge is 2.09. The van der Waals surface area contributed by atoms with Gasteiger partial charge in [-0.2, -0.15) is 0 Å². The Labute approximate surface area is 157 Å². The third-order valence-corrected chi connectivity index (χ3v) is 3.88. The molecule has 2 amide bonds. The lowest BCUT2D eigenvalue weighted by Gasteiger charge is -2.10. The molecular formula is C21H20N2O4. The first-order valence-corrected chi connectivity index (χ1v) is 8.46. The van der Waals surface area contributed by atoms with Crippen molar-refractivity contribution in [2.45, 2.75) is 13.8 Å². The monoisotopic (exact) mass is 364 g/mol. The van der Waals surface area contributed by atoms with Gasteiger partial charge in [0.1, 0.15) is 5.75 Å². The topological polar surface area (TPSA) is 80.6 Å². The van der Waals surface area contributed by atoms with Gasteiger partial charge in [-0.05, 0) is 61.9 Å². The van der Waals surface area contributed by atoms with Crippen LogP contribution in [0, 0.1) is 13.8 Å². The van der Waals surface area contributed by atoms with Crippen LogP contribution in [0.2, 0.25) is 0 Å². The van der Waals surface area contributed by atoms with Gasteiger partial charge in [0.15, 0.2) is 12.4 Å². The van der Waals surface area contributed by atoms with Crippen molar-refractivity contribution in [3.8, 4) is 5.75 Å². The van der Waals surface area contributed by atoms with E-state index in [1.807, 2.05) is 32.0 Å². The smallest absolute Gasteiger partial charge is 0.291 e. The zero-order valence-electron chi connectivity index (χ0n) is 15.1. The molecule has 6 heteroatoms. The minimum Gasteiger partial charge on any atom is -0.484 e. The lowest BCUT2D eigenvalue weighted by atomic mass is 10.1. The number of hydrogen-bond acceptors (Lipinski definition) is 4. The van der Waals surface area contributed by atoms with Gasteiger partial charge in [-0.25, -0.2) is 0 Å². The zero-order valence-corrected chi connectivity index (χ0v) is 15.1. The number of carbonyl (C=O) groups is 2. The molecule has 0 aliphatic carbocycles. The second kappa shape index (κ2) is 8.23. The van der Waals surface area contributed by atoms with Gasteiger partial charge < -0.3 is 19.8 Å². The molecule has 3 rings (SSSR count). The minimum atomic E-state index is -0.332. The van der Waals surface area contributed by atoms with Crippen molar-refractivity contribution in [2.24, 2.45) is 0 Å². The number of ether oxygens (including phenoxy) is 1. The summed E-state index contributed by atoms with van der Waals surface area (Å²) in [6.45, 7) is 3.84. The van der Waals surface area contributed by atoms with Crippen LogP contribution in [0.15, 0.2) is 65.3 Å². The van der Waals surface area contributed by atoms with Gasteiger partial charge >= 0.3 is 0 Å². The van der Waals surface area contributed by atoms with Crippen molar-refractivity contribution in [3.05, 3.63) is 77.7 Å². The van der Waals surface area contributed by atoms with E-state index in [-0.39, 0.29) is 24.2 Å². The number of aryl methyl sites for hydroxylation is 2. The molecule has 2 N–H and O–H groups in total. The van der Waals surface area contributed by atoms with Crippen LogP contribution >= 0.6 is 0 Å². The molecule has 0 aliphatic rings. The fourth-order valence-corrected chi connectivity index (χ4v) is 2.52. The summed E-state index contributed by atoms with van der Waals surface area (Å²) in [5.41, 5.74) is 3.51. The summed E-state index contributed by atoms with van der Waals surface area (Å²) in [6, 6.07) is 15.8. The highest BCUT2D eigenvalue weighted by atomic mass is 16.5. The van der Waals surface area contributed by atoms with Gasteiger partial charge in [-0.15, -0.1) is 0 Å². The van der Waals surface area contributed by atoms with Crippen molar-refractivity contribution in [2.75, 3.05) is 17.2 Å². The van der Waals surface area contributed by atoms with E-state index in [0.29, 0.717) is 11.4 Å². The average Bonchev–Trinajstić information content (AvgIpc) is 3.18. The summed E-state index contributed by atoms with van der Waals surface area (Å²) >= 11 is 0. The molecule has 27 heavy (non-hydrogen) atoms. The second-order valence-corrected chi connectivity index (χ2v) is 6.11. The van der Waals surface area contributed by atoms with E-state index in [1.165, 1.54) is 6.26 Å². The molecule has 1 aromatic heterocycles. The van der Waals surface area contributed by atoms with Crippen LogP contribution < -0.4 is 15.4 Å². The summed E-state index contributed by atoms with van der Waals surface area (Å²) in [6.07, 6.45) is 1.44. The number of furan rings is 1. The minimum absolute atomic E-state index is 0.106. The van der Waals surface area contributed by atoms with E-state index in [4.69, 9.17) is 9.15 Å². The Balaban J connectivity index is 1.51. The Morgan fingerprint density at radius 3 is 2.44 bits per heavy atom. The molecule has 0 bridgehead atoms. The molecule has 0 saturated carbocycles. The van der Waals surface area contributed by atoms with Crippen LogP contribution in [-0.2, 0) is 4.79 Å². The molecule has 3 aromatic rings. The molecule has 2 aromatic carbocycles. The predicted molar refractivity (Wildman–Crippen MR) is 103 cm³/mol. The number of anilines is 2. The quantitative estimate of drug-likeness (QED) is 0.688. The first kappa shape index (κ1) is 18.3. The van der Waals surface area contributed by atoms with Gasteiger partial charge in [0.05, 0.1) is 6.26 Å². The highest BCUT2D eigenvalue weighted by molar-refractivity contribution is 6.02. The van der Waals surface area contributed by atoms with Crippen LogP contribution in [0.1, 0.15) is 21.7 Å². The molecule has 0 saturated heterocycles. The van der Waals surface area contributed by atoms with Crippen LogP contribution in [0.4, 0.5) is 11.4 Å². The summed E-state index contributed by atoms with van der Waals surface area (Å²) in [4.78, 5) is 24.0. The van der Waals surface area contributed by atoms with Crippen molar-refractivity contribution < 1.29 is 18.7 Å². The summed E-state index contributed by atoms with van der Waals surface area (Å²) in [5.74, 6) is 0.193. The van der Waals surface area contributed by atoms with Crippen LogP contribution in [0.3, 0.4) is 0 Å². The van der Waals surface area contributed by atoms with Gasteiger partial charge in [-0.3, -0.25) is 9.59 Å². The summed E-state index contributed by atoms with van der Waals surface area (Å²) in [5, 5.41) is 5.54. The van der Waals surface area contributed by atoms with E-state index >= 15 is 0 Å². The first-order chi connectivity index (χ1) is 13.0. The Bertz CT molecular complexity index is 931. The normalized spacial score (nSPS) is 10.3. The highest BCUT2D eigenvalue weighted by Crippen LogP contribution is 2.18. The van der Waals surface area contributed by atoms with Gasteiger partial charge in [0, 0.05) is 11.4 Å². The summed E-state index contributed by atoms with van der Waals surface area (Å²) < 4.78 is 10.5. The lowest BCUT2D eigenvalue weighted by Crippen LogP contribution is -2.20. The number of nitrogens with one attached hydrogen (secondary N) is 2. The fraction of sp³-hybridized carbons (Fsp3) is 0.143. The molecule has 0 spiro atoms. The molecule has 0 unspecified atom stereocenters. The Morgan fingerprint density at radius 1 is 1.00 bits per heavy atom. The molecule has 1 heterocycles. The molecule has 0 atom stereocenters. The van der Waals surface area contributed by atoms with Crippen LogP contribution in [-0.4, -0.2) is 18.4 Å². The van der Waals surface area contributed by atoms with E-state index in [0.717, 1.165) is 16.8 Å². The molecular weight excluding hydrogens is 344 g/mol. The first-order valence-electron chi connectivity index (χ1n) is 8.46. The predicted octanol–water partition coefficient (Wildman–Crippen LogP) is 4.17. The van der Waals surface area contributed by atoms with Gasteiger partial charge in [0.25, 0.3) is 11.8 Å². The maximum Gasteiger partial charge on any atom is 0.291 e. The number of hydrogen-bond donors (Lipinski definition) is 2. The van der Waals surface area contributed by atoms with Gasteiger partial charge in [0.2, 0.25) is 0 Å². The van der Waals surface area contributed by atoms with Crippen molar-refractivity contribution >= 4 is 23.2 Å². The van der Waals surface area contributed by atoms with E-state index in [2.05, 4.69) is 10.6 Å². The van der Waals surface area contributed by atoms with Crippen LogP contribution in [0.25, 0.3) is 0 Å². The van der Waals surface area contributed by atoms with E-state index in [1.54, 1.807) is 36.4 Å². The Hall–Kier alpha value is -3.54. The third kappa shape index (κ3) is 4.98. The number of benzene rings is 2. The maximum absolute atomic E-state index is 12.1. The maximum atomic E-state index is 12.1. The summed E-state index contributed by atoms with van der Waals surface area (Å²) in [7, 11) is 0. The standard InChI is InChI=1S/C21H20N2O4/c1-14-5-10-18(15(2)12-14)23-20(24)13-27-17-8-6-16(7-9-17)22-21(25)19-4-3-11-26-19/h3-12H,13H2,1-2H3,(H,22,25)(H,23,24). The van der Waals surface area contributed by atoms with Crippen molar-refractivity contribution in [1.29, 1.82) is 0 Å². The molecule has 0 aliphatic heterocycles. The zero-order chi connectivity index (χ0) is 19.2. The van der Waals surface area contributed by atoms with Crippen molar-refractivity contribution in [1.82, 2.24) is 0 Å². The number of rotatable bonds is 6. The fourth-order valence-electron chi connectivity index (χ4n) is 2.52. The largest absolute Gasteiger partial charge is 0.484 e. The second-order valence-electron chi connectivity index (χ2n) is 6.11. The molecule has 6 nitrogen and oxygen atoms in total. The van der Waals surface area contributed by atoms with E-state index < -0.39 is 0 Å². The number of amides is 2. The van der Waals surface area contributed by atoms with Crippen LogP contribution in [0.5, 0.6) is 5.75 Å². The Morgan fingerprint density at radius 2 is 1.78 bits per heavy atom. The average molecular weight is 364 g/mol. The third-order valence-electron chi connectivity index (χ3n) is 3.88. The lowest BCUT2D eigenvalue weighted by molar-refractivity contribution is -0.118. The SMILES string of the molecule is Cc1ccc(NC(=O)COc2ccc(NC(=O)c3ccco3)cc2)c(C)c1. The van der Waals surface area contributed by atoms with Gasteiger partial charge in [-0.1, -0.05) is 17.7 Å².